The Kier molecular flexibility index (Phi) is 5.24. The van der Waals surface area contributed by atoms with Crippen molar-refractivity contribution in [3.8, 4) is 0 Å². The van der Waals surface area contributed by atoms with E-state index in [2.05, 4.69) is 10.3 Å². The smallest absolute Gasteiger partial charge is 0.252 e. The van der Waals surface area contributed by atoms with Crippen molar-refractivity contribution in [1.29, 1.82) is 0 Å². The van der Waals surface area contributed by atoms with Crippen molar-refractivity contribution in [2.24, 2.45) is 5.73 Å². The summed E-state index contributed by atoms with van der Waals surface area (Å²) in [6.07, 6.45) is 1.53. The van der Waals surface area contributed by atoms with Crippen LogP contribution in [-0.2, 0) is 16.1 Å². The van der Waals surface area contributed by atoms with Gasteiger partial charge in [0.05, 0.1) is 18.9 Å². The van der Waals surface area contributed by atoms with Crippen molar-refractivity contribution in [3.63, 3.8) is 0 Å². The second-order valence-corrected chi connectivity index (χ2v) is 4.87. The first-order valence-electron chi connectivity index (χ1n) is 6.94. The Morgan fingerprint density at radius 1 is 1.48 bits per heavy atom. The molecule has 21 heavy (non-hydrogen) atoms. The molecule has 2 amide bonds. The molecule has 1 saturated heterocycles. The van der Waals surface area contributed by atoms with Crippen LogP contribution in [0.4, 0.5) is 0 Å². The number of nitrogens with one attached hydrogen (secondary N) is 1. The van der Waals surface area contributed by atoms with E-state index in [4.69, 9.17) is 10.5 Å². The van der Waals surface area contributed by atoms with E-state index in [1.807, 2.05) is 0 Å². The predicted octanol–water partition coefficient (Wildman–Crippen LogP) is -0.483. The van der Waals surface area contributed by atoms with Gasteiger partial charge in [0.1, 0.15) is 6.04 Å². The number of hydrogen-bond acceptors (Lipinski definition) is 5. The molecule has 0 spiro atoms. The van der Waals surface area contributed by atoms with Gasteiger partial charge in [-0.2, -0.15) is 0 Å². The molecule has 7 heteroatoms. The number of rotatable bonds is 4. The van der Waals surface area contributed by atoms with Gasteiger partial charge in [-0.05, 0) is 19.1 Å². The summed E-state index contributed by atoms with van der Waals surface area (Å²) in [5.41, 5.74) is 6.58. The molecule has 1 unspecified atom stereocenters. The Bertz CT molecular complexity index is 515. The molecule has 0 aliphatic carbocycles. The second kappa shape index (κ2) is 7.14. The molecule has 1 fully saturated rings. The Labute approximate surface area is 123 Å². The van der Waals surface area contributed by atoms with Gasteiger partial charge in [0.2, 0.25) is 5.91 Å². The molecule has 2 rings (SSSR count). The lowest BCUT2D eigenvalue weighted by Gasteiger charge is -2.29. The molecule has 0 radical (unpaired) electrons. The van der Waals surface area contributed by atoms with Gasteiger partial charge in [-0.15, -0.1) is 0 Å². The lowest BCUT2D eigenvalue weighted by molar-refractivity contribution is -0.136. The van der Waals surface area contributed by atoms with Crippen molar-refractivity contribution < 1.29 is 14.3 Å². The van der Waals surface area contributed by atoms with Crippen LogP contribution in [0.1, 0.15) is 23.0 Å². The summed E-state index contributed by atoms with van der Waals surface area (Å²) in [4.78, 5) is 30.1. The molecule has 1 aliphatic rings. The fourth-order valence-corrected chi connectivity index (χ4v) is 2.13. The lowest BCUT2D eigenvalue weighted by atomic mass is 10.2. The van der Waals surface area contributed by atoms with E-state index in [0.717, 1.165) is 0 Å². The number of ether oxygens (including phenoxy) is 1. The summed E-state index contributed by atoms with van der Waals surface area (Å²) in [6, 6.07) is 2.65. The molecule has 0 saturated carbocycles. The number of carbonyl (C=O) groups is 2. The molecular weight excluding hydrogens is 272 g/mol. The molecule has 1 aromatic rings. The molecule has 0 bridgehead atoms. The zero-order valence-electron chi connectivity index (χ0n) is 12.0. The molecule has 7 nitrogen and oxygen atoms in total. The van der Waals surface area contributed by atoms with Crippen LogP contribution in [-0.4, -0.2) is 54.0 Å². The van der Waals surface area contributed by atoms with Crippen molar-refractivity contribution in [1.82, 2.24) is 15.2 Å². The number of pyridine rings is 1. The largest absolute Gasteiger partial charge is 0.378 e. The van der Waals surface area contributed by atoms with Gasteiger partial charge in [-0.25, -0.2) is 0 Å². The van der Waals surface area contributed by atoms with E-state index in [-0.39, 0.29) is 18.4 Å². The normalized spacial score (nSPS) is 16.4. The number of morpholine rings is 1. The number of hydrogen-bond donors (Lipinski definition) is 2. The third kappa shape index (κ3) is 3.99. The van der Waals surface area contributed by atoms with Gasteiger partial charge in [0.15, 0.2) is 0 Å². The monoisotopic (exact) mass is 292 g/mol. The number of carbonyl (C=O) groups excluding carboxylic acids is 2. The first kappa shape index (κ1) is 15.4. The minimum absolute atomic E-state index is 0.0974. The summed E-state index contributed by atoms with van der Waals surface area (Å²) in [5.74, 6) is -0.402. The zero-order valence-corrected chi connectivity index (χ0v) is 12.0. The molecule has 0 aromatic carbocycles. The third-order valence-corrected chi connectivity index (χ3v) is 3.33. The third-order valence-electron chi connectivity index (χ3n) is 3.33. The quantitative estimate of drug-likeness (QED) is 0.781. The van der Waals surface area contributed by atoms with E-state index in [9.17, 15) is 9.59 Å². The van der Waals surface area contributed by atoms with E-state index in [1.54, 1.807) is 24.0 Å². The predicted molar refractivity (Wildman–Crippen MR) is 76.5 cm³/mol. The highest BCUT2D eigenvalue weighted by Gasteiger charge is 2.24. The minimum Gasteiger partial charge on any atom is -0.378 e. The summed E-state index contributed by atoms with van der Waals surface area (Å²) in [6.45, 7) is 4.15. The summed E-state index contributed by atoms with van der Waals surface area (Å²) < 4.78 is 5.21. The SMILES string of the molecule is CC(NC(=O)c1ccnc(CN)c1)C(=O)N1CCOCC1. The van der Waals surface area contributed by atoms with Crippen molar-refractivity contribution in [2.45, 2.75) is 19.5 Å². The topological polar surface area (TPSA) is 97.6 Å². The van der Waals surface area contributed by atoms with Crippen LogP contribution >= 0.6 is 0 Å². The number of nitrogens with two attached hydrogens (primary N) is 1. The molecule has 114 valence electrons. The van der Waals surface area contributed by atoms with Gasteiger partial charge in [0, 0.05) is 31.4 Å². The summed E-state index contributed by atoms with van der Waals surface area (Å²) in [7, 11) is 0. The number of nitrogens with zero attached hydrogens (tertiary/aromatic N) is 2. The van der Waals surface area contributed by atoms with E-state index >= 15 is 0 Å². The average Bonchev–Trinajstić information content (AvgIpc) is 2.54. The van der Waals surface area contributed by atoms with Crippen molar-refractivity contribution in [2.75, 3.05) is 26.3 Å². The number of amides is 2. The highest BCUT2D eigenvalue weighted by molar-refractivity contribution is 5.97. The first-order valence-corrected chi connectivity index (χ1v) is 6.94. The number of aromatic nitrogens is 1. The molecular formula is C14H20N4O3. The van der Waals surface area contributed by atoms with E-state index in [0.29, 0.717) is 37.6 Å². The van der Waals surface area contributed by atoms with Crippen LogP contribution in [0.25, 0.3) is 0 Å². The molecule has 2 heterocycles. The summed E-state index contributed by atoms with van der Waals surface area (Å²) in [5, 5.41) is 2.70. The average molecular weight is 292 g/mol. The Balaban J connectivity index is 1.96. The lowest BCUT2D eigenvalue weighted by Crippen LogP contribution is -2.50. The maximum atomic E-state index is 12.2. The standard InChI is InChI=1S/C14H20N4O3/c1-10(14(20)18-4-6-21-7-5-18)17-13(19)11-2-3-16-12(8-11)9-15/h2-3,8,10H,4-7,9,15H2,1H3,(H,17,19). The van der Waals surface area contributed by atoms with Crippen LogP contribution in [0.2, 0.25) is 0 Å². The highest BCUT2D eigenvalue weighted by Crippen LogP contribution is 2.04. The van der Waals surface area contributed by atoms with Gasteiger partial charge >= 0.3 is 0 Å². The van der Waals surface area contributed by atoms with Crippen LogP contribution in [0.5, 0.6) is 0 Å². The molecule has 3 N–H and O–H groups in total. The molecule has 1 aromatic heterocycles. The second-order valence-electron chi connectivity index (χ2n) is 4.87. The summed E-state index contributed by atoms with van der Waals surface area (Å²) >= 11 is 0. The van der Waals surface area contributed by atoms with E-state index < -0.39 is 6.04 Å². The molecule has 1 atom stereocenters. The van der Waals surface area contributed by atoms with Gasteiger partial charge in [-0.1, -0.05) is 0 Å². The van der Waals surface area contributed by atoms with Crippen LogP contribution < -0.4 is 11.1 Å². The van der Waals surface area contributed by atoms with Crippen molar-refractivity contribution in [3.05, 3.63) is 29.6 Å². The maximum absolute atomic E-state index is 12.2. The Morgan fingerprint density at radius 3 is 2.86 bits per heavy atom. The fourth-order valence-electron chi connectivity index (χ4n) is 2.13. The maximum Gasteiger partial charge on any atom is 0.252 e. The van der Waals surface area contributed by atoms with Crippen molar-refractivity contribution >= 4 is 11.8 Å². The molecule has 1 aliphatic heterocycles. The van der Waals surface area contributed by atoms with Crippen LogP contribution in [0, 0.1) is 0 Å². The van der Waals surface area contributed by atoms with E-state index in [1.165, 1.54) is 6.20 Å². The van der Waals surface area contributed by atoms with Crippen LogP contribution in [0.15, 0.2) is 18.3 Å². The zero-order chi connectivity index (χ0) is 15.2. The fraction of sp³-hybridized carbons (Fsp3) is 0.500. The Hall–Kier alpha value is -1.99. The first-order chi connectivity index (χ1) is 10.1. The van der Waals surface area contributed by atoms with Gasteiger partial charge < -0.3 is 20.7 Å². The van der Waals surface area contributed by atoms with Crippen LogP contribution in [0.3, 0.4) is 0 Å². The van der Waals surface area contributed by atoms with Gasteiger partial charge in [-0.3, -0.25) is 14.6 Å². The van der Waals surface area contributed by atoms with Gasteiger partial charge in [0.25, 0.3) is 5.91 Å². The Morgan fingerprint density at radius 2 is 2.19 bits per heavy atom. The highest BCUT2D eigenvalue weighted by atomic mass is 16.5. The minimum atomic E-state index is -0.579.